The van der Waals surface area contributed by atoms with E-state index in [1.54, 1.807) is 4.57 Å². The molecule has 0 unspecified atom stereocenters. The maximum atomic E-state index is 11.7. The standard InChI is InChI=1S/C14H20N2O/c1-5-10(6-2)11-8-7-9(3)12-13(11)16(4)14(17)15-12/h7-8,10H,5-6H2,1-4H3,(H,15,17). The first-order valence-corrected chi connectivity index (χ1v) is 6.28. The van der Waals surface area contributed by atoms with Crippen molar-refractivity contribution >= 4 is 11.0 Å². The second-order valence-corrected chi connectivity index (χ2v) is 4.70. The Balaban J connectivity index is 2.81. The molecular formula is C14H20N2O. The largest absolute Gasteiger partial charge is 0.326 e. The zero-order chi connectivity index (χ0) is 12.6. The minimum atomic E-state index is -0.0264. The third-order valence-corrected chi connectivity index (χ3v) is 3.71. The van der Waals surface area contributed by atoms with Crippen LogP contribution >= 0.6 is 0 Å². The van der Waals surface area contributed by atoms with Crippen molar-refractivity contribution in [2.45, 2.75) is 39.5 Å². The Hall–Kier alpha value is -1.51. The van der Waals surface area contributed by atoms with Gasteiger partial charge >= 0.3 is 5.69 Å². The molecule has 1 N–H and O–H groups in total. The summed E-state index contributed by atoms with van der Waals surface area (Å²) < 4.78 is 1.73. The lowest BCUT2D eigenvalue weighted by Gasteiger charge is -2.15. The lowest BCUT2D eigenvalue weighted by atomic mass is 9.92. The van der Waals surface area contributed by atoms with Gasteiger partial charge in [-0.05, 0) is 36.8 Å². The Kier molecular flexibility index (Phi) is 3.09. The van der Waals surface area contributed by atoms with E-state index in [0.717, 1.165) is 29.4 Å². The maximum Gasteiger partial charge on any atom is 0.326 e. The predicted octanol–water partition coefficient (Wildman–Crippen LogP) is 3.08. The fourth-order valence-electron chi connectivity index (χ4n) is 2.58. The highest BCUT2D eigenvalue weighted by atomic mass is 16.1. The smallest absolute Gasteiger partial charge is 0.305 e. The van der Waals surface area contributed by atoms with Gasteiger partial charge in [0.2, 0.25) is 0 Å². The number of nitrogens with one attached hydrogen (secondary N) is 1. The summed E-state index contributed by atoms with van der Waals surface area (Å²) in [5.41, 5.74) is 4.45. The van der Waals surface area contributed by atoms with Crippen LogP contribution in [0, 0.1) is 6.92 Å². The quantitative estimate of drug-likeness (QED) is 0.867. The van der Waals surface area contributed by atoms with Crippen LogP contribution in [0.3, 0.4) is 0 Å². The molecule has 0 spiro atoms. The van der Waals surface area contributed by atoms with Gasteiger partial charge in [-0.2, -0.15) is 0 Å². The summed E-state index contributed by atoms with van der Waals surface area (Å²) in [6, 6.07) is 4.27. The Bertz CT molecular complexity index is 588. The van der Waals surface area contributed by atoms with Crippen molar-refractivity contribution < 1.29 is 0 Å². The number of aromatic nitrogens is 2. The second kappa shape index (κ2) is 4.40. The van der Waals surface area contributed by atoms with E-state index in [1.807, 2.05) is 14.0 Å². The third kappa shape index (κ3) is 1.79. The molecular weight excluding hydrogens is 212 g/mol. The predicted molar refractivity (Wildman–Crippen MR) is 71.6 cm³/mol. The molecule has 0 aliphatic heterocycles. The Labute approximate surface area is 101 Å². The molecule has 0 saturated carbocycles. The Morgan fingerprint density at radius 1 is 1.29 bits per heavy atom. The summed E-state index contributed by atoms with van der Waals surface area (Å²) in [5.74, 6) is 0.527. The maximum absolute atomic E-state index is 11.7. The number of rotatable bonds is 3. The molecule has 1 heterocycles. The molecule has 0 bridgehead atoms. The van der Waals surface area contributed by atoms with E-state index in [9.17, 15) is 4.79 Å². The molecule has 1 aromatic heterocycles. The molecule has 0 saturated heterocycles. The number of nitrogens with zero attached hydrogens (tertiary/aromatic N) is 1. The highest BCUT2D eigenvalue weighted by Gasteiger charge is 2.15. The van der Waals surface area contributed by atoms with Crippen LogP contribution in [0.25, 0.3) is 11.0 Å². The van der Waals surface area contributed by atoms with Crippen LogP contribution in [0.5, 0.6) is 0 Å². The fourth-order valence-corrected chi connectivity index (χ4v) is 2.58. The molecule has 0 radical (unpaired) electrons. The molecule has 0 atom stereocenters. The highest BCUT2D eigenvalue weighted by Crippen LogP contribution is 2.30. The van der Waals surface area contributed by atoms with Crippen molar-refractivity contribution in [1.29, 1.82) is 0 Å². The topological polar surface area (TPSA) is 37.8 Å². The minimum absolute atomic E-state index is 0.0264. The molecule has 2 rings (SSSR count). The van der Waals surface area contributed by atoms with Gasteiger partial charge in [0.15, 0.2) is 0 Å². The van der Waals surface area contributed by atoms with Crippen LogP contribution in [0.4, 0.5) is 0 Å². The van der Waals surface area contributed by atoms with Gasteiger partial charge in [0, 0.05) is 7.05 Å². The van der Waals surface area contributed by atoms with Gasteiger partial charge in [0.1, 0.15) is 0 Å². The second-order valence-electron chi connectivity index (χ2n) is 4.70. The molecule has 2 aromatic rings. The van der Waals surface area contributed by atoms with Gasteiger partial charge in [0.25, 0.3) is 0 Å². The van der Waals surface area contributed by atoms with Crippen LogP contribution in [-0.2, 0) is 7.05 Å². The minimum Gasteiger partial charge on any atom is -0.305 e. The van der Waals surface area contributed by atoms with Crippen LogP contribution in [-0.4, -0.2) is 9.55 Å². The van der Waals surface area contributed by atoms with Crippen molar-refractivity contribution in [3.8, 4) is 0 Å². The lowest BCUT2D eigenvalue weighted by Crippen LogP contribution is -2.13. The Morgan fingerprint density at radius 2 is 1.94 bits per heavy atom. The molecule has 17 heavy (non-hydrogen) atoms. The molecule has 0 aliphatic rings. The van der Waals surface area contributed by atoms with Gasteiger partial charge in [-0.25, -0.2) is 4.79 Å². The third-order valence-electron chi connectivity index (χ3n) is 3.71. The van der Waals surface area contributed by atoms with Gasteiger partial charge in [-0.1, -0.05) is 26.0 Å². The van der Waals surface area contributed by atoms with Crippen molar-refractivity contribution in [2.75, 3.05) is 0 Å². The SMILES string of the molecule is CCC(CC)c1ccc(C)c2[nH]c(=O)n(C)c12. The normalized spacial score (nSPS) is 11.6. The monoisotopic (exact) mass is 232 g/mol. The van der Waals surface area contributed by atoms with E-state index in [-0.39, 0.29) is 5.69 Å². The first kappa shape index (κ1) is 12.0. The van der Waals surface area contributed by atoms with Gasteiger partial charge in [-0.15, -0.1) is 0 Å². The fraction of sp³-hybridized carbons (Fsp3) is 0.500. The molecule has 3 heteroatoms. The number of aromatic amines is 1. The lowest BCUT2D eigenvalue weighted by molar-refractivity contribution is 0.643. The van der Waals surface area contributed by atoms with Crippen molar-refractivity contribution in [2.24, 2.45) is 7.05 Å². The number of hydrogen-bond donors (Lipinski definition) is 1. The number of aryl methyl sites for hydroxylation is 2. The first-order chi connectivity index (χ1) is 8.10. The summed E-state index contributed by atoms with van der Waals surface area (Å²) in [4.78, 5) is 14.7. The molecule has 92 valence electrons. The number of imidazole rings is 1. The van der Waals surface area contributed by atoms with Gasteiger partial charge < -0.3 is 4.98 Å². The average Bonchev–Trinajstić information content (AvgIpc) is 2.62. The van der Waals surface area contributed by atoms with E-state index < -0.39 is 0 Å². The zero-order valence-electron chi connectivity index (χ0n) is 11.0. The van der Waals surface area contributed by atoms with Crippen molar-refractivity contribution in [1.82, 2.24) is 9.55 Å². The van der Waals surface area contributed by atoms with E-state index in [1.165, 1.54) is 5.56 Å². The van der Waals surface area contributed by atoms with Crippen molar-refractivity contribution in [3.05, 3.63) is 33.7 Å². The van der Waals surface area contributed by atoms with Crippen molar-refractivity contribution in [3.63, 3.8) is 0 Å². The zero-order valence-corrected chi connectivity index (χ0v) is 11.0. The number of benzene rings is 1. The number of hydrogen-bond acceptors (Lipinski definition) is 1. The summed E-state index contributed by atoms with van der Waals surface area (Å²) in [6.07, 6.45) is 2.21. The number of H-pyrrole nitrogens is 1. The summed E-state index contributed by atoms with van der Waals surface area (Å²) in [7, 11) is 1.84. The van der Waals surface area contributed by atoms with E-state index in [4.69, 9.17) is 0 Å². The van der Waals surface area contributed by atoms with Crippen LogP contribution in [0.1, 0.15) is 43.7 Å². The van der Waals surface area contributed by atoms with E-state index in [2.05, 4.69) is 31.0 Å². The number of fused-ring (bicyclic) bond motifs is 1. The van der Waals surface area contributed by atoms with Crippen LogP contribution in [0.15, 0.2) is 16.9 Å². The summed E-state index contributed by atoms with van der Waals surface area (Å²) in [5, 5.41) is 0. The molecule has 0 amide bonds. The van der Waals surface area contributed by atoms with E-state index >= 15 is 0 Å². The van der Waals surface area contributed by atoms with E-state index in [0.29, 0.717) is 5.92 Å². The first-order valence-electron chi connectivity index (χ1n) is 6.28. The Morgan fingerprint density at radius 3 is 2.53 bits per heavy atom. The average molecular weight is 232 g/mol. The summed E-state index contributed by atoms with van der Waals surface area (Å²) in [6.45, 7) is 6.43. The van der Waals surface area contributed by atoms with Gasteiger partial charge in [0.05, 0.1) is 11.0 Å². The van der Waals surface area contributed by atoms with Gasteiger partial charge in [-0.3, -0.25) is 4.57 Å². The molecule has 0 aliphatic carbocycles. The highest BCUT2D eigenvalue weighted by molar-refractivity contribution is 5.82. The molecule has 1 aromatic carbocycles. The molecule has 3 nitrogen and oxygen atoms in total. The molecule has 0 fully saturated rings. The van der Waals surface area contributed by atoms with Crippen LogP contribution < -0.4 is 5.69 Å². The summed E-state index contributed by atoms with van der Waals surface area (Å²) >= 11 is 0. The van der Waals surface area contributed by atoms with Crippen LogP contribution in [0.2, 0.25) is 0 Å².